The summed E-state index contributed by atoms with van der Waals surface area (Å²) in [6, 6.07) is 5.96. The second kappa shape index (κ2) is 6.52. The van der Waals surface area contributed by atoms with Gasteiger partial charge in [0.1, 0.15) is 15.8 Å². The highest BCUT2D eigenvalue weighted by atomic mass is 32.2. The lowest BCUT2D eigenvalue weighted by atomic mass is 10.1. The van der Waals surface area contributed by atoms with Gasteiger partial charge >= 0.3 is 0 Å². The van der Waals surface area contributed by atoms with Gasteiger partial charge in [-0.3, -0.25) is 9.36 Å². The Hall–Kier alpha value is -2.17. The Kier molecular flexibility index (Phi) is 4.46. The zero-order valence-electron chi connectivity index (χ0n) is 12.7. The van der Waals surface area contributed by atoms with Crippen LogP contribution in [-0.2, 0) is 6.54 Å². The van der Waals surface area contributed by atoms with Gasteiger partial charge in [-0.1, -0.05) is 0 Å². The number of nitrogens with zero attached hydrogens (tertiary/aromatic N) is 4. The summed E-state index contributed by atoms with van der Waals surface area (Å²) in [7, 11) is 0. The molecular formula is C16H14N4OS2. The van der Waals surface area contributed by atoms with Crippen LogP contribution < -0.4 is 5.56 Å². The molecule has 0 radical (unpaired) electrons. The molecule has 116 valence electrons. The van der Waals surface area contributed by atoms with E-state index in [1.165, 1.54) is 23.1 Å². The summed E-state index contributed by atoms with van der Waals surface area (Å²) in [5, 5.41) is 11.9. The lowest BCUT2D eigenvalue weighted by molar-refractivity contribution is 0.726. The van der Waals surface area contributed by atoms with Gasteiger partial charge in [-0.2, -0.15) is 5.26 Å². The van der Waals surface area contributed by atoms with E-state index >= 15 is 0 Å². The molecule has 0 aliphatic carbocycles. The minimum atomic E-state index is -0.0144. The SMILES string of the molecule is Cc1cc(C)c(C#N)c(SCCn2cnc3ccsc3c2=O)n1. The highest BCUT2D eigenvalue weighted by Gasteiger charge is 2.10. The first-order chi connectivity index (χ1) is 11.1. The summed E-state index contributed by atoms with van der Waals surface area (Å²) >= 11 is 2.90. The van der Waals surface area contributed by atoms with Gasteiger partial charge < -0.3 is 0 Å². The van der Waals surface area contributed by atoms with E-state index < -0.39 is 0 Å². The van der Waals surface area contributed by atoms with Gasteiger partial charge in [0.2, 0.25) is 0 Å². The minimum absolute atomic E-state index is 0.0144. The van der Waals surface area contributed by atoms with Crippen molar-refractivity contribution in [2.24, 2.45) is 0 Å². The van der Waals surface area contributed by atoms with E-state index in [1.54, 1.807) is 10.9 Å². The highest BCUT2D eigenvalue weighted by Crippen LogP contribution is 2.23. The predicted octanol–water partition coefficient (Wildman–Crippen LogP) is 3.13. The van der Waals surface area contributed by atoms with Crippen molar-refractivity contribution in [2.75, 3.05) is 5.75 Å². The molecule has 3 rings (SSSR count). The average Bonchev–Trinajstić information content (AvgIpc) is 2.98. The number of hydrogen-bond acceptors (Lipinski definition) is 6. The van der Waals surface area contributed by atoms with Crippen molar-refractivity contribution in [3.05, 3.63) is 51.0 Å². The quantitative estimate of drug-likeness (QED) is 0.681. The maximum atomic E-state index is 12.3. The van der Waals surface area contributed by atoms with Gasteiger partial charge in [-0.15, -0.1) is 23.1 Å². The molecule has 0 amide bonds. The molecule has 3 aromatic rings. The van der Waals surface area contributed by atoms with Crippen molar-refractivity contribution >= 4 is 33.3 Å². The van der Waals surface area contributed by atoms with E-state index in [2.05, 4.69) is 16.0 Å². The third kappa shape index (κ3) is 3.14. The molecular weight excluding hydrogens is 328 g/mol. The second-order valence-electron chi connectivity index (χ2n) is 5.10. The van der Waals surface area contributed by atoms with E-state index in [9.17, 15) is 10.1 Å². The molecule has 0 spiro atoms. The van der Waals surface area contributed by atoms with Crippen molar-refractivity contribution in [3.8, 4) is 6.07 Å². The van der Waals surface area contributed by atoms with E-state index in [1.807, 2.05) is 31.4 Å². The molecule has 0 aliphatic rings. The van der Waals surface area contributed by atoms with Gasteiger partial charge in [0, 0.05) is 18.0 Å². The van der Waals surface area contributed by atoms with Crippen molar-refractivity contribution in [3.63, 3.8) is 0 Å². The standard InChI is InChI=1S/C16H14N4OS2/c1-10-7-11(2)19-15(12(10)8-17)23-6-4-20-9-18-13-3-5-22-14(13)16(20)21/h3,5,7,9H,4,6H2,1-2H3. The summed E-state index contributed by atoms with van der Waals surface area (Å²) in [5.41, 5.74) is 3.16. The van der Waals surface area contributed by atoms with E-state index in [4.69, 9.17) is 0 Å². The van der Waals surface area contributed by atoms with Gasteiger partial charge in [-0.05, 0) is 36.9 Å². The first kappa shape index (κ1) is 15.7. The fourth-order valence-corrected chi connectivity index (χ4v) is 4.16. The third-order valence-corrected chi connectivity index (χ3v) is 5.28. The number of aromatic nitrogens is 3. The molecule has 5 nitrogen and oxygen atoms in total. The van der Waals surface area contributed by atoms with Crippen molar-refractivity contribution in [1.29, 1.82) is 5.26 Å². The third-order valence-electron chi connectivity index (χ3n) is 3.43. The first-order valence-electron chi connectivity index (χ1n) is 7.04. The molecule has 0 saturated carbocycles. The molecule has 0 fully saturated rings. The summed E-state index contributed by atoms with van der Waals surface area (Å²) in [6.07, 6.45) is 1.58. The summed E-state index contributed by atoms with van der Waals surface area (Å²) in [6.45, 7) is 4.36. The zero-order chi connectivity index (χ0) is 16.4. The summed E-state index contributed by atoms with van der Waals surface area (Å²) in [4.78, 5) is 21.0. The molecule has 3 heterocycles. The Bertz CT molecular complexity index is 968. The van der Waals surface area contributed by atoms with E-state index in [-0.39, 0.29) is 5.56 Å². The van der Waals surface area contributed by atoms with Crippen LogP contribution in [0, 0.1) is 25.2 Å². The molecule has 3 aromatic heterocycles. The van der Waals surface area contributed by atoms with Gasteiger partial charge in [0.15, 0.2) is 0 Å². The van der Waals surface area contributed by atoms with Crippen LogP contribution in [0.25, 0.3) is 10.2 Å². The van der Waals surface area contributed by atoms with Gasteiger partial charge in [0.05, 0.1) is 17.4 Å². The number of rotatable bonds is 4. The van der Waals surface area contributed by atoms with Crippen LogP contribution in [0.5, 0.6) is 0 Å². The molecule has 0 saturated heterocycles. The fraction of sp³-hybridized carbons (Fsp3) is 0.250. The Morgan fingerprint density at radius 1 is 1.43 bits per heavy atom. The average molecular weight is 342 g/mol. The van der Waals surface area contributed by atoms with Crippen LogP contribution in [-0.4, -0.2) is 20.3 Å². The number of thioether (sulfide) groups is 1. The normalized spacial score (nSPS) is 10.8. The van der Waals surface area contributed by atoms with Crippen LogP contribution in [0.2, 0.25) is 0 Å². The molecule has 7 heteroatoms. The second-order valence-corrected chi connectivity index (χ2v) is 7.10. The van der Waals surface area contributed by atoms with Gasteiger partial charge in [0.25, 0.3) is 5.56 Å². The maximum Gasteiger partial charge on any atom is 0.271 e. The number of thiophene rings is 1. The number of nitriles is 1. The number of aryl methyl sites for hydroxylation is 3. The fourth-order valence-electron chi connectivity index (χ4n) is 2.32. The molecule has 0 aromatic carbocycles. The van der Waals surface area contributed by atoms with Crippen LogP contribution in [0.15, 0.2) is 33.7 Å². The predicted molar refractivity (Wildman–Crippen MR) is 93.0 cm³/mol. The molecule has 0 aliphatic heterocycles. The summed E-state index contributed by atoms with van der Waals surface area (Å²) in [5.74, 6) is 0.656. The van der Waals surface area contributed by atoms with Crippen LogP contribution in [0.1, 0.15) is 16.8 Å². The largest absolute Gasteiger partial charge is 0.297 e. The number of fused-ring (bicyclic) bond motifs is 1. The molecule has 0 N–H and O–H groups in total. The lowest BCUT2D eigenvalue weighted by Crippen LogP contribution is -2.20. The van der Waals surface area contributed by atoms with E-state index in [0.29, 0.717) is 22.6 Å². The van der Waals surface area contributed by atoms with Gasteiger partial charge in [-0.25, -0.2) is 9.97 Å². The Labute approximate surface area is 141 Å². The zero-order valence-corrected chi connectivity index (χ0v) is 14.4. The first-order valence-corrected chi connectivity index (χ1v) is 8.90. The Morgan fingerprint density at radius 3 is 3.04 bits per heavy atom. The number of pyridine rings is 1. The number of hydrogen-bond donors (Lipinski definition) is 0. The molecule has 23 heavy (non-hydrogen) atoms. The smallest absolute Gasteiger partial charge is 0.271 e. The molecule has 0 atom stereocenters. The van der Waals surface area contributed by atoms with Crippen molar-refractivity contribution in [2.45, 2.75) is 25.4 Å². The van der Waals surface area contributed by atoms with Crippen LogP contribution >= 0.6 is 23.1 Å². The van der Waals surface area contributed by atoms with Crippen LogP contribution in [0.4, 0.5) is 0 Å². The van der Waals surface area contributed by atoms with Crippen molar-refractivity contribution in [1.82, 2.24) is 14.5 Å². The Morgan fingerprint density at radius 2 is 2.26 bits per heavy atom. The van der Waals surface area contributed by atoms with Crippen LogP contribution in [0.3, 0.4) is 0 Å². The van der Waals surface area contributed by atoms with E-state index in [0.717, 1.165) is 21.8 Å². The van der Waals surface area contributed by atoms with Crippen molar-refractivity contribution < 1.29 is 0 Å². The Balaban J connectivity index is 1.78. The topological polar surface area (TPSA) is 71.6 Å². The summed E-state index contributed by atoms with van der Waals surface area (Å²) < 4.78 is 2.29. The molecule has 0 unspecified atom stereocenters. The minimum Gasteiger partial charge on any atom is -0.297 e. The highest BCUT2D eigenvalue weighted by molar-refractivity contribution is 7.99. The maximum absolute atomic E-state index is 12.3. The monoisotopic (exact) mass is 342 g/mol. The molecule has 0 bridgehead atoms. The lowest BCUT2D eigenvalue weighted by Gasteiger charge is -2.08.